The second-order valence-corrected chi connectivity index (χ2v) is 6.26. The summed E-state index contributed by atoms with van der Waals surface area (Å²) in [6.07, 6.45) is 0.993. The van der Waals surface area contributed by atoms with Gasteiger partial charge in [-0.25, -0.2) is 8.78 Å². The Morgan fingerprint density at radius 3 is 2.16 bits per heavy atom. The number of methoxy groups -OCH3 is 1. The third-order valence-electron chi connectivity index (χ3n) is 4.60. The standard InChI is InChI=1S/C11H15B2F2NO.C2H6/c1-17-7-9-2-8(3-11(8,14)15)5-16(9)6-10(12,13)4-9;1-2/h2-7H2,1H3;1-2H3. The molecule has 104 valence electrons. The number of hydrogen-bond acceptors (Lipinski definition) is 2. The van der Waals surface area contributed by atoms with Gasteiger partial charge in [0.25, 0.3) is 5.92 Å². The van der Waals surface area contributed by atoms with Crippen LogP contribution in [0.1, 0.15) is 33.1 Å². The van der Waals surface area contributed by atoms with Crippen molar-refractivity contribution in [2.45, 2.75) is 49.8 Å². The molecule has 3 aliphatic rings. The molecular formula is C13H21B2F2NO. The quantitative estimate of drug-likeness (QED) is 0.709. The molecule has 0 aromatic carbocycles. The third kappa shape index (κ3) is 2.25. The zero-order valence-electron chi connectivity index (χ0n) is 12.0. The van der Waals surface area contributed by atoms with Gasteiger partial charge in [-0.2, -0.15) is 0 Å². The van der Waals surface area contributed by atoms with Crippen molar-refractivity contribution in [1.29, 1.82) is 0 Å². The van der Waals surface area contributed by atoms with Crippen LogP contribution in [0.2, 0.25) is 5.21 Å². The van der Waals surface area contributed by atoms with E-state index >= 15 is 0 Å². The minimum Gasteiger partial charge on any atom is -0.383 e. The molecule has 2 saturated heterocycles. The maximum absolute atomic E-state index is 13.5. The molecule has 4 radical (unpaired) electrons. The molecule has 1 saturated carbocycles. The molecule has 0 aromatic rings. The smallest absolute Gasteiger partial charge is 0.255 e. The fraction of sp³-hybridized carbons (Fsp3) is 1.00. The average Bonchev–Trinajstić information content (AvgIpc) is 2.54. The summed E-state index contributed by atoms with van der Waals surface area (Å²) in [5.74, 6) is -2.51. The number of fused-ring (bicyclic) bond motifs is 1. The second kappa shape index (κ2) is 4.45. The van der Waals surface area contributed by atoms with Gasteiger partial charge < -0.3 is 4.74 Å². The predicted octanol–water partition coefficient (Wildman–Crippen LogP) is 1.99. The normalized spacial score (nSPS) is 41.7. The Morgan fingerprint density at radius 2 is 1.68 bits per heavy atom. The van der Waals surface area contributed by atoms with Crippen LogP contribution in [-0.4, -0.2) is 58.9 Å². The van der Waals surface area contributed by atoms with Crippen molar-refractivity contribution >= 4 is 15.7 Å². The molecule has 2 heterocycles. The van der Waals surface area contributed by atoms with Crippen LogP contribution in [-0.2, 0) is 4.74 Å². The summed E-state index contributed by atoms with van der Waals surface area (Å²) in [5, 5.41) is -0.773. The van der Waals surface area contributed by atoms with Crippen LogP contribution in [0.15, 0.2) is 0 Å². The lowest BCUT2D eigenvalue weighted by atomic mass is 9.52. The summed E-state index contributed by atoms with van der Waals surface area (Å²) in [4.78, 5) is 2.03. The first kappa shape index (κ1) is 15.3. The molecule has 2 atom stereocenters. The van der Waals surface area contributed by atoms with Gasteiger partial charge in [-0.15, -0.1) is 0 Å². The van der Waals surface area contributed by atoms with Gasteiger partial charge in [0.05, 0.1) is 27.7 Å². The van der Waals surface area contributed by atoms with Gasteiger partial charge in [-0.3, -0.25) is 4.90 Å². The number of ether oxygens (including phenoxy) is 1. The summed E-state index contributed by atoms with van der Waals surface area (Å²) in [5.41, 5.74) is -1.21. The highest BCUT2D eigenvalue weighted by molar-refractivity contribution is 6.40. The molecule has 0 amide bonds. The Morgan fingerprint density at radius 1 is 1.11 bits per heavy atom. The van der Waals surface area contributed by atoms with Crippen LogP contribution in [0.25, 0.3) is 0 Å². The summed E-state index contributed by atoms with van der Waals surface area (Å²) in [6, 6.07) is 0. The Labute approximate surface area is 117 Å². The first-order valence-electron chi connectivity index (χ1n) is 6.94. The van der Waals surface area contributed by atoms with Crippen molar-refractivity contribution in [3.05, 3.63) is 0 Å². The highest BCUT2D eigenvalue weighted by Crippen LogP contribution is 2.70. The van der Waals surface area contributed by atoms with E-state index in [1.54, 1.807) is 7.11 Å². The van der Waals surface area contributed by atoms with Crippen molar-refractivity contribution < 1.29 is 13.5 Å². The number of alkyl halides is 2. The molecule has 2 unspecified atom stereocenters. The summed E-state index contributed by atoms with van der Waals surface area (Å²) in [7, 11) is 13.5. The van der Waals surface area contributed by atoms with Crippen LogP contribution in [0.4, 0.5) is 8.78 Å². The van der Waals surface area contributed by atoms with Crippen LogP contribution >= 0.6 is 0 Å². The number of rotatable bonds is 2. The van der Waals surface area contributed by atoms with E-state index in [-0.39, 0.29) is 12.0 Å². The molecule has 2 aliphatic heterocycles. The van der Waals surface area contributed by atoms with Crippen LogP contribution < -0.4 is 0 Å². The summed E-state index contributed by atoms with van der Waals surface area (Å²) in [6.45, 7) is 5.31. The third-order valence-corrected chi connectivity index (χ3v) is 4.60. The molecular weight excluding hydrogens is 246 g/mol. The predicted molar refractivity (Wildman–Crippen MR) is 73.0 cm³/mol. The van der Waals surface area contributed by atoms with E-state index in [2.05, 4.69) is 0 Å². The molecule has 3 rings (SSSR count). The van der Waals surface area contributed by atoms with E-state index in [1.807, 2.05) is 18.7 Å². The maximum atomic E-state index is 13.5. The van der Waals surface area contributed by atoms with Gasteiger partial charge >= 0.3 is 0 Å². The minimum absolute atomic E-state index is 0.00407. The zero-order valence-corrected chi connectivity index (χ0v) is 12.0. The summed E-state index contributed by atoms with van der Waals surface area (Å²) < 4.78 is 32.2. The molecule has 19 heavy (non-hydrogen) atoms. The highest BCUT2D eigenvalue weighted by atomic mass is 19.3. The van der Waals surface area contributed by atoms with E-state index in [1.165, 1.54) is 0 Å². The Kier molecular flexibility index (Phi) is 3.59. The Bertz CT molecular complexity index is 367. The molecule has 1 aliphatic carbocycles. The fourth-order valence-electron chi connectivity index (χ4n) is 3.96. The number of nitrogens with zero attached hydrogens (tertiary/aromatic N) is 1. The van der Waals surface area contributed by atoms with Crippen molar-refractivity contribution in [3.8, 4) is 0 Å². The Hall–Kier alpha value is -0.0901. The van der Waals surface area contributed by atoms with E-state index in [0.717, 1.165) is 0 Å². The molecule has 6 heteroatoms. The van der Waals surface area contributed by atoms with Crippen LogP contribution in [0.5, 0.6) is 0 Å². The number of hydrogen-bond donors (Lipinski definition) is 0. The fourth-order valence-corrected chi connectivity index (χ4v) is 3.96. The number of halogens is 2. The van der Waals surface area contributed by atoms with E-state index in [0.29, 0.717) is 32.5 Å². The van der Waals surface area contributed by atoms with Crippen LogP contribution in [0, 0.1) is 5.41 Å². The molecule has 0 bridgehead atoms. The van der Waals surface area contributed by atoms with Gasteiger partial charge in [-0.05, 0) is 19.4 Å². The van der Waals surface area contributed by atoms with Crippen molar-refractivity contribution in [3.63, 3.8) is 0 Å². The Balaban J connectivity index is 0.000000637. The van der Waals surface area contributed by atoms with Gasteiger partial charge in [-0.1, -0.05) is 19.1 Å². The van der Waals surface area contributed by atoms with Gasteiger partial charge in [0.2, 0.25) is 0 Å². The van der Waals surface area contributed by atoms with E-state index < -0.39 is 16.6 Å². The first-order valence-corrected chi connectivity index (χ1v) is 6.94. The van der Waals surface area contributed by atoms with Crippen molar-refractivity contribution in [1.82, 2.24) is 4.90 Å². The summed E-state index contributed by atoms with van der Waals surface area (Å²) >= 11 is 0. The topological polar surface area (TPSA) is 12.5 Å². The monoisotopic (exact) mass is 267 g/mol. The van der Waals surface area contributed by atoms with E-state index in [4.69, 9.17) is 20.4 Å². The van der Waals surface area contributed by atoms with E-state index in [9.17, 15) is 8.78 Å². The average molecular weight is 267 g/mol. The second-order valence-electron chi connectivity index (χ2n) is 6.26. The lowest BCUT2D eigenvalue weighted by Gasteiger charge is -2.31. The van der Waals surface area contributed by atoms with Gasteiger partial charge in [0.1, 0.15) is 0 Å². The van der Waals surface area contributed by atoms with Gasteiger partial charge in [0.15, 0.2) is 0 Å². The van der Waals surface area contributed by atoms with Gasteiger partial charge in [0, 0.05) is 25.6 Å². The molecule has 0 aromatic heterocycles. The molecule has 0 N–H and O–H groups in total. The highest BCUT2D eigenvalue weighted by Gasteiger charge is 2.77. The van der Waals surface area contributed by atoms with Crippen molar-refractivity contribution in [2.24, 2.45) is 5.41 Å². The largest absolute Gasteiger partial charge is 0.383 e. The van der Waals surface area contributed by atoms with Crippen LogP contribution in [0.3, 0.4) is 0 Å². The SMILES string of the molecule is CC.[B]C1([B])CN2CC3(CC2(COC)C1)CC3(F)F. The lowest BCUT2D eigenvalue weighted by Crippen LogP contribution is -2.42. The molecule has 2 nitrogen and oxygen atoms in total. The maximum Gasteiger partial charge on any atom is 0.255 e. The zero-order chi connectivity index (χ0) is 14.5. The lowest BCUT2D eigenvalue weighted by molar-refractivity contribution is 0.0580. The minimum atomic E-state index is -2.51. The van der Waals surface area contributed by atoms with Crippen molar-refractivity contribution in [2.75, 3.05) is 26.8 Å². The first-order chi connectivity index (χ1) is 8.74. The molecule has 3 fully saturated rings. The molecule has 1 spiro atoms.